The fourth-order valence-corrected chi connectivity index (χ4v) is 2.69. The molecule has 2 heterocycles. The lowest BCUT2D eigenvalue weighted by Crippen LogP contribution is -2.19. The number of nitrogens with one attached hydrogen (secondary N) is 1. The molecule has 16 heavy (non-hydrogen) atoms. The molecule has 0 amide bonds. The molecule has 0 saturated carbocycles. The van der Waals surface area contributed by atoms with Crippen molar-refractivity contribution in [2.75, 3.05) is 6.61 Å². The summed E-state index contributed by atoms with van der Waals surface area (Å²) in [7, 11) is 0. The van der Waals surface area contributed by atoms with Crippen LogP contribution in [0.5, 0.6) is 0 Å². The highest BCUT2D eigenvalue weighted by Gasteiger charge is 2.33. The van der Waals surface area contributed by atoms with Gasteiger partial charge >= 0.3 is 0 Å². The normalized spacial score (nSPS) is 25.4. The lowest BCUT2D eigenvalue weighted by molar-refractivity contribution is 0.0181. The lowest BCUT2D eigenvalue weighted by atomic mass is 9.93. The van der Waals surface area contributed by atoms with Gasteiger partial charge in [-0.3, -0.25) is 0 Å². The zero-order valence-electron chi connectivity index (χ0n) is 9.22. The Bertz CT molecular complexity index is 526. The van der Waals surface area contributed by atoms with Crippen LogP contribution < -0.4 is 0 Å². The minimum absolute atomic E-state index is 0.150. The van der Waals surface area contributed by atoms with E-state index >= 15 is 0 Å². The summed E-state index contributed by atoms with van der Waals surface area (Å²) in [4.78, 5) is 3.28. The molecule has 1 saturated heterocycles. The Morgan fingerprint density at radius 1 is 1.44 bits per heavy atom. The van der Waals surface area contributed by atoms with E-state index in [0.29, 0.717) is 0 Å². The SMILES string of the molecule is CC1(c2c[nH]c3ccc(Cl)cc23)CCCO1. The average molecular weight is 236 g/mol. The van der Waals surface area contributed by atoms with Gasteiger partial charge < -0.3 is 9.72 Å². The molecule has 84 valence electrons. The van der Waals surface area contributed by atoms with Crippen LogP contribution in [0.2, 0.25) is 5.02 Å². The van der Waals surface area contributed by atoms with E-state index in [2.05, 4.69) is 11.9 Å². The fraction of sp³-hybridized carbons (Fsp3) is 0.385. The second kappa shape index (κ2) is 3.51. The molecule has 1 aromatic heterocycles. The minimum Gasteiger partial charge on any atom is -0.371 e. The second-order valence-electron chi connectivity index (χ2n) is 4.58. The van der Waals surface area contributed by atoms with Crippen LogP contribution in [0.1, 0.15) is 25.3 Å². The third-order valence-corrected chi connectivity index (χ3v) is 3.67. The number of hydrogen-bond donors (Lipinski definition) is 1. The number of halogens is 1. The fourth-order valence-electron chi connectivity index (χ4n) is 2.52. The van der Waals surface area contributed by atoms with E-state index in [-0.39, 0.29) is 5.60 Å². The number of H-pyrrole nitrogens is 1. The van der Waals surface area contributed by atoms with E-state index in [4.69, 9.17) is 16.3 Å². The van der Waals surface area contributed by atoms with E-state index in [9.17, 15) is 0 Å². The molecule has 1 fully saturated rings. The first-order valence-electron chi connectivity index (χ1n) is 5.60. The van der Waals surface area contributed by atoms with Gasteiger partial charge in [-0.05, 0) is 38.0 Å². The number of rotatable bonds is 1. The molecule has 1 N–H and O–H groups in total. The van der Waals surface area contributed by atoms with Gasteiger partial charge in [0.05, 0.1) is 5.60 Å². The predicted molar refractivity (Wildman–Crippen MR) is 65.8 cm³/mol. The first-order chi connectivity index (χ1) is 7.69. The molecule has 0 spiro atoms. The molecule has 1 aliphatic rings. The number of fused-ring (bicyclic) bond motifs is 1. The highest BCUT2D eigenvalue weighted by Crippen LogP contribution is 2.39. The standard InChI is InChI=1S/C13H14ClNO/c1-13(5-2-6-16-13)11-8-15-12-4-3-9(14)7-10(11)12/h3-4,7-8,15H,2,5-6H2,1H3. The lowest BCUT2D eigenvalue weighted by Gasteiger charge is -2.22. The third kappa shape index (κ3) is 1.45. The van der Waals surface area contributed by atoms with Crippen molar-refractivity contribution in [2.45, 2.75) is 25.4 Å². The number of benzene rings is 1. The summed E-state index contributed by atoms with van der Waals surface area (Å²) in [5, 5.41) is 1.95. The first kappa shape index (κ1) is 10.2. The van der Waals surface area contributed by atoms with Gasteiger partial charge in [-0.2, -0.15) is 0 Å². The molecule has 0 aliphatic carbocycles. The summed E-state index contributed by atoms with van der Waals surface area (Å²) in [5.41, 5.74) is 2.20. The molecule has 2 nitrogen and oxygen atoms in total. The molecule has 1 atom stereocenters. The van der Waals surface area contributed by atoms with Crippen LogP contribution in [-0.2, 0) is 10.3 Å². The van der Waals surface area contributed by atoms with Crippen molar-refractivity contribution in [1.29, 1.82) is 0 Å². The molecule has 1 aliphatic heterocycles. The van der Waals surface area contributed by atoms with Crippen LogP contribution >= 0.6 is 11.6 Å². The molecular weight excluding hydrogens is 222 g/mol. The van der Waals surface area contributed by atoms with Gasteiger partial charge in [0.25, 0.3) is 0 Å². The number of aromatic nitrogens is 1. The van der Waals surface area contributed by atoms with Crippen molar-refractivity contribution >= 4 is 22.5 Å². The Morgan fingerprint density at radius 3 is 3.06 bits per heavy atom. The first-order valence-corrected chi connectivity index (χ1v) is 5.98. The average Bonchev–Trinajstić information content (AvgIpc) is 2.84. The van der Waals surface area contributed by atoms with Crippen molar-refractivity contribution in [3.8, 4) is 0 Å². The van der Waals surface area contributed by atoms with Crippen LogP contribution in [0.3, 0.4) is 0 Å². The largest absolute Gasteiger partial charge is 0.371 e. The van der Waals surface area contributed by atoms with Gasteiger partial charge in [0.15, 0.2) is 0 Å². The van der Waals surface area contributed by atoms with Gasteiger partial charge in [-0.25, -0.2) is 0 Å². The quantitative estimate of drug-likeness (QED) is 0.798. The van der Waals surface area contributed by atoms with Gasteiger partial charge in [0.2, 0.25) is 0 Å². The van der Waals surface area contributed by atoms with Gasteiger partial charge in [-0.1, -0.05) is 11.6 Å². The molecular formula is C13H14ClNO. The maximum atomic E-state index is 6.04. The molecule has 3 heteroatoms. The summed E-state index contributed by atoms with van der Waals surface area (Å²) in [6, 6.07) is 5.93. The highest BCUT2D eigenvalue weighted by atomic mass is 35.5. The highest BCUT2D eigenvalue weighted by molar-refractivity contribution is 6.31. The summed E-state index contributed by atoms with van der Waals surface area (Å²) in [6.07, 6.45) is 4.25. The predicted octanol–water partition coefficient (Wildman–Crippen LogP) is 3.85. The zero-order chi connectivity index (χ0) is 11.2. The van der Waals surface area contributed by atoms with Crippen LogP contribution in [0.15, 0.2) is 24.4 Å². The van der Waals surface area contributed by atoms with Crippen LogP contribution in [0, 0.1) is 0 Å². The number of hydrogen-bond acceptors (Lipinski definition) is 1. The van der Waals surface area contributed by atoms with E-state index in [1.54, 1.807) is 0 Å². The van der Waals surface area contributed by atoms with E-state index < -0.39 is 0 Å². The summed E-state index contributed by atoms with van der Waals surface area (Å²) >= 11 is 6.04. The summed E-state index contributed by atoms with van der Waals surface area (Å²) < 4.78 is 5.87. The van der Waals surface area contributed by atoms with E-state index in [0.717, 1.165) is 30.0 Å². The number of aromatic amines is 1. The van der Waals surface area contributed by atoms with E-state index in [1.165, 1.54) is 10.9 Å². The maximum Gasteiger partial charge on any atom is 0.0924 e. The Morgan fingerprint density at radius 2 is 2.31 bits per heavy atom. The van der Waals surface area contributed by atoms with Crippen molar-refractivity contribution in [1.82, 2.24) is 4.98 Å². The molecule has 2 aromatic rings. The molecule has 1 aromatic carbocycles. The van der Waals surface area contributed by atoms with Crippen molar-refractivity contribution < 1.29 is 4.74 Å². The second-order valence-corrected chi connectivity index (χ2v) is 5.01. The number of ether oxygens (including phenoxy) is 1. The summed E-state index contributed by atoms with van der Waals surface area (Å²) in [6.45, 7) is 3.01. The van der Waals surface area contributed by atoms with Gasteiger partial charge in [0.1, 0.15) is 0 Å². The maximum absolute atomic E-state index is 6.04. The van der Waals surface area contributed by atoms with Gasteiger partial charge in [-0.15, -0.1) is 0 Å². The zero-order valence-corrected chi connectivity index (χ0v) is 9.97. The van der Waals surface area contributed by atoms with Crippen LogP contribution in [0.25, 0.3) is 10.9 Å². The Hall–Kier alpha value is -0.990. The Labute approximate surface area is 99.6 Å². The molecule has 0 bridgehead atoms. The Balaban J connectivity index is 2.19. The van der Waals surface area contributed by atoms with Crippen molar-refractivity contribution in [3.63, 3.8) is 0 Å². The molecule has 3 rings (SSSR count). The van der Waals surface area contributed by atoms with Crippen LogP contribution in [0.4, 0.5) is 0 Å². The smallest absolute Gasteiger partial charge is 0.0924 e. The topological polar surface area (TPSA) is 25.0 Å². The third-order valence-electron chi connectivity index (χ3n) is 3.43. The van der Waals surface area contributed by atoms with Crippen LogP contribution in [-0.4, -0.2) is 11.6 Å². The van der Waals surface area contributed by atoms with Gasteiger partial charge in [0, 0.05) is 34.3 Å². The summed E-state index contributed by atoms with van der Waals surface area (Å²) in [5.74, 6) is 0. The van der Waals surface area contributed by atoms with Crippen molar-refractivity contribution in [3.05, 3.63) is 35.0 Å². The molecule has 1 unspecified atom stereocenters. The Kier molecular flexibility index (Phi) is 2.23. The minimum atomic E-state index is -0.150. The van der Waals surface area contributed by atoms with E-state index in [1.807, 2.05) is 24.4 Å². The van der Waals surface area contributed by atoms with Crippen molar-refractivity contribution in [2.24, 2.45) is 0 Å². The monoisotopic (exact) mass is 235 g/mol. The molecule has 0 radical (unpaired) electrons.